The van der Waals surface area contributed by atoms with Gasteiger partial charge in [0.1, 0.15) is 0 Å². The van der Waals surface area contributed by atoms with E-state index in [4.69, 9.17) is 23.2 Å². The van der Waals surface area contributed by atoms with Gasteiger partial charge in [0.15, 0.2) is 0 Å². The quantitative estimate of drug-likeness (QED) is 0.528. The molecule has 0 heterocycles. The number of halogens is 2. The van der Waals surface area contributed by atoms with Gasteiger partial charge in [-0.2, -0.15) is 0 Å². The highest BCUT2D eigenvalue weighted by Crippen LogP contribution is 2.09. The second-order valence-corrected chi connectivity index (χ2v) is 2.24. The Bertz CT molecular complexity index is 37.1. The molecule has 1 unspecified atom stereocenters. The Morgan fingerprint density at radius 1 is 1.71 bits per heavy atom. The van der Waals surface area contributed by atoms with Crippen LogP contribution < -0.4 is 0 Å². The van der Waals surface area contributed by atoms with E-state index in [0.717, 1.165) is 12.8 Å². The Kier molecular flexibility index (Phi) is 5.12. The fourth-order valence-corrected chi connectivity index (χ4v) is 0.683. The lowest BCUT2D eigenvalue weighted by molar-refractivity contribution is 0.811. The van der Waals surface area contributed by atoms with Crippen molar-refractivity contribution in [3.05, 3.63) is 5.88 Å². The molecule has 0 aliphatic heterocycles. The zero-order chi connectivity index (χ0) is 5.70. The van der Waals surface area contributed by atoms with E-state index in [2.05, 4.69) is 6.92 Å². The third kappa shape index (κ3) is 4.43. The molecule has 0 aromatic carbocycles. The van der Waals surface area contributed by atoms with Crippen LogP contribution in [0.3, 0.4) is 0 Å². The molecule has 0 aliphatic rings. The minimum atomic E-state index is 0.0617. The van der Waals surface area contributed by atoms with Crippen LogP contribution in [0.1, 0.15) is 19.8 Å². The second-order valence-electron chi connectivity index (χ2n) is 1.43. The minimum Gasteiger partial charge on any atom is -0.121 e. The summed E-state index contributed by atoms with van der Waals surface area (Å²) in [5, 5.41) is 0.0617. The van der Waals surface area contributed by atoms with E-state index in [1.165, 1.54) is 5.88 Å². The predicted octanol–water partition coefficient (Wildman–Crippen LogP) is 2.79. The second kappa shape index (κ2) is 4.73. The molecule has 0 amide bonds. The Hall–Kier alpha value is 0.580. The molecule has 0 saturated heterocycles. The lowest BCUT2D eigenvalue weighted by Crippen LogP contribution is -1.91. The maximum atomic E-state index is 5.58. The monoisotopic (exact) mass is 139 g/mol. The number of hydrogen-bond acceptors (Lipinski definition) is 0. The Balaban J connectivity index is 2.83. The predicted molar refractivity (Wildman–Crippen MR) is 34.7 cm³/mol. The van der Waals surface area contributed by atoms with Gasteiger partial charge in [0, 0.05) is 0 Å². The van der Waals surface area contributed by atoms with Gasteiger partial charge in [-0.25, -0.2) is 0 Å². The van der Waals surface area contributed by atoms with Crippen LogP contribution in [0.4, 0.5) is 0 Å². The number of rotatable bonds is 3. The van der Waals surface area contributed by atoms with Gasteiger partial charge in [-0.05, 0) is 6.42 Å². The topological polar surface area (TPSA) is 0 Å². The summed E-state index contributed by atoms with van der Waals surface area (Å²) in [5.41, 5.74) is 0. The molecular weight excluding hydrogens is 131 g/mol. The molecule has 0 saturated carbocycles. The first kappa shape index (κ1) is 7.58. The fourth-order valence-electron chi connectivity index (χ4n) is 0.339. The molecule has 2 heteroatoms. The maximum absolute atomic E-state index is 5.58. The van der Waals surface area contributed by atoms with Gasteiger partial charge in [-0.3, -0.25) is 0 Å². The highest BCUT2D eigenvalue weighted by Gasteiger charge is 1.97. The van der Waals surface area contributed by atoms with E-state index in [1.807, 2.05) is 0 Å². The standard InChI is InChI=1S/C5H9Cl2/c1-2-3-5(7)4-6/h4-5H,2-3H2,1H3. The van der Waals surface area contributed by atoms with Crippen molar-refractivity contribution in [1.82, 2.24) is 0 Å². The largest absolute Gasteiger partial charge is 0.121 e. The van der Waals surface area contributed by atoms with Crippen LogP contribution in [0.25, 0.3) is 0 Å². The zero-order valence-electron chi connectivity index (χ0n) is 4.32. The van der Waals surface area contributed by atoms with E-state index >= 15 is 0 Å². The van der Waals surface area contributed by atoms with Crippen molar-refractivity contribution in [2.24, 2.45) is 0 Å². The van der Waals surface area contributed by atoms with Crippen LogP contribution in [-0.2, 0) is 0 Å². The van der Waals surface area contributed by atoms with E-state index in [1.54, 1.807) is 0 Å². The van der Waals surface area contributed by atoms with E-state index in [-0.39, 0.29) is 5.38 Å². The van der Waals surface area contributed by atoms with Gasteiger partial charge in [0.05, 0.1) is 11.3 Å². The van der Waals surface area contributed by atoms with Crippen LogP contribution >= 0.6 is 23.2 Å². The van der Waals surface area contributed by atoms with Gasteiger partial charge < -0.3 is 0 Å². The van der Waals surface area contributed by atoms with Crippen molar-refractivity contribution in [3.8, 4) is 0 Å². The van der Waals surface area contributed by atoms with Crippen LogP contribution in [-0.4, -0.2) is 5.38 Å². The van der Waals surface area contributed by atoms with Crippen LogP contribution in [0, 0.1) is 5.88 Å². The lowest BCUT2D eigenvalue weighted by atomic mass is 10.3. The molecular formula is C5H9Cl2. The third-order valence-corrected chi connectivity index (χ3v) is 1.48. The molecule has 1 radical (unpaired) electrons. The van der Waals surface area contributed by atoms with Crippen molar-refractivity contribution in [2.75, 3.05) is 0 Å². The Labute approximate surface area is 54.8 Å². The average Bonchev–Trinajstić information content (AvgIpc) is 1.68. The van der Waals surface area contributed by atoms with Crippen molar-refractivity contribution in [1.29, 1.82) is 0 Å². The fraction of sp³-hybridized carbons (Fsp3) is 0.800. The summed E-state index contributed by atoms with van der Waals surface area (Å²) in [6.45, 7) is 2.08. The average molecular weight is 140 g/mol. The zero-order valence-corrected chi connectivity index (χ0v) is 5.84. The number of hydrogen-bond donors (Lipinski definition) is 0. The molecule has 0 fully saturated rings. The molecule has 0 rings (SSSR count). The van der Waals surface area contributed by atoms with Crippen LogP contribution in [0.15, 0.2) is 0 Å². The van der Waals surface area contributed by atoms with Crippen molar-refractivity contribution >= 4 is 23.2 Å². The first-order valence-electron chi connectivity index (χ1n) is 2.39. The SMILES string of the molecule is CCCC(Cl)[CH]Cl. The van der Waals surface area contributed by atoms with Gasteiger partial charge in [0.25, 0.3) is 0 Å². The molecule has 0 bridgehead atoms. The molecule has 0 aromatic heterocycles. The van der Waals surface area contributed by atoms with E-state index in [9.17, 15) is 0 Å². The summed E-state index contributed by atoms with van der Waals surface area (Å²) < 4.78 is 0. The minimum absolute atomic E-state index is 0.0617. The van der Waals surface area contributed by atoms with Crippen LogP contribution in [0.2, 0.25) is 0 Å². The normalized spacial score (nSPS) is 14.1. The highest BCUT2D eigenvalue weighted by molar-refractivity contribution is 6.31. The van der Waals surface area contributed by atoms with Gasteiger partial charge in [0.2, 0.25) is 0 Å². The summed E-state index contributed by atoms with van der Waals surface area (Å²) in [5.74, 6) is 1.49. The molecule has 0 aromatic rings. The van der Waals surface area contributed by atoms with E-state index < -0.39 is 0 Å². The summed E-state index contributed by atoms with van der Waals surface area (Å²) in [6.07, 6.45) is 2.07. The summed E-state index contributed by atoms with van der Waals surface area (Å²) in [7, 11) is 0. The molecule has 7 heavy (non-hydrogen) atoms. The molecule has 0 aliphatic carbocycles. The van der Waals surface area contributed by atoms with Gasteiger partial charge in [-0.1, -0.05) is 13.3 Å². The molecule has 0 nitrogen and oxygen atoms in total. The lowest BCUT2D eigenvalue weighted by Gasteiger charge is -1.97. The smallest absolute Gasteiger partial charge is 0.0677 e. The van der Waals surface area contributed by atoms with Crippen LogP contribution in [0.5, 0.6) is 0 Å². The number of alkyl halides is 1. The van der Waals surface area contributed by atoms with Crippen molar-refractivity contribution in [3.63, 3.8) is 0 Å². The molecule has 0 spiro atoms. The van der Waals surface area contributed by atoms with Crippen molar-refractivity contribution < 1.29 is 0 Å². The molecule has 1 atom stereocenters. The molecule has 43 valence electrons. The maximum Gasteiger partial charge on any atom is 0.0677 e. The Morgan fingerprint density at radius 2 is 2.29 bits per heavy atom. The van der Waals surface area contributed by atoms with Gasteiger partial charge >= 0.3 is 0 Å². The third-order valence-electron chi connectivity index (χ3n) is 0.701. The Morgan fingerprint density at radius 3 is 2.43 bits per heavy atom. The summed E-state index contributed by atoms with van der Waals surface area (Å²) in [4.78, 5) is 0. The summed E-state index contributed by atoms with van der Waals surface area (Å²) >= 11 is 10.9. The first-order valence-corrected chi connectivity index (χ1v) is 3.26. The van der Waals surface area contributed by atoms with E-state index in [0.29, 0.717) is 0 Å². The molecule has 0 N–H and O–H groups in total. The van der Waals surface area contributed by atoms with Gasteiger partial charge in [-0.15, -0.1) is 23.2 Å². The summed E-state index contributed by atoms with van der Waals surface area (Å²) in [6, 6.07) is 0. The highest BCUT2D eigenvalue weighted by atomic mass is 35.5. The first-order chi connectivity index (χ1) is 3.31. The van der Waals surface area contributed by atoms with Crippen molar-refractivity contribution in [2.45, 2.75) is 25.1 Å².